The summed E-state index contributed by atoms with van der Waals surface area (Å²) >= 11 is 1.04. The van der Waals surface area contributed by atoms with Crippen LogP contribution in [0.3, 0.4) is 0 Å². The van der Waals surface area contributed by atoms with Crippen LogP contribution in [0.15, 0.2) is 64.5 Å². The van der Waals surface area contributed by atoms with Crippen molar-refractivity contribution in [3.8, 4) is 22.6 Å². The first-order chi connectivity index (χ1) is 16.4. The average Bonchev–Trinajstić information content (AvgIpc) is 3.33. The third kappa shape index (κ3) is 4.67. The van der Waals surface area contributed by atoms with E-state index < -0.39 is 11.7 Å². The number of ether oxygens (including phenoxy) is 2. The van der Waals surface area contributed by atoms with Crippen LogP contribution in [-0.2, 0) is 6.18 Å². The van der Waals surface area contributed by atoms with E-state index in [1.165, 1.54) is 12.1 Å². The molecule has 1 aromatic heterocycles. The lowest BCUT2D eigenvalue weighted by Crippen LogP contribution is -2.32. The number of aliphatic hydroxyl groups is 1. The third-order valence-electron chi connectivity index (χ3n) is 5.99. The van der Waals surface area contributed by atoms with Crippen LogP contribution in [-0.4, -0.2) is 42.5 Å². The molecule has 178 valence electrons. The standard InChI is InChI=1S/C25H23F3N2O3S/c26-25(27,28)20-12-16(17-7-8-29-24(13-17)30-9-1-2-18(30)15-31)3-6-23(20)34-19-4-5-21-22(14-19)33-11-10-32-21/h3-8,12-14,18,31H,1-2,9-11,15H2/t18-/m1/s1. The molecule has 0 radical (unpaired) electrons. The van der Waals surface area contributed by atoms with Crippen molar-refractivity contribution in [2.45, 2.75) is 34.9 Å². The van der Waals surface area contributed by atoms with Gasteiger partial charge in [0.25, 0.3) is 0 Å². The molecule has 3 aromatic rings. The number of anilines is 1. The van der Waals surface area contributed by atoms with E-state index in [-0.39, 0.29) is 17.5 Å². The summed E-state index contributed by atoms with van der Waals surface area (Å²) in [5.41, 5.74) is 0.412. The first kappa shape index (κ1) is 22.9. The van der Waals surface area contributed by atoms with E-state index >= 15 is 0 Å². The van der Waals surface area contributed by atoms with Crippen LogP contribution < -0.4 is 14.4 Å². The van der Waals surface area contributed by atoms with Gasteiger partial charge in [-0.25, -0.2) is 4.98 Å². The first-order valence-electron chi connectivity index (χ1n) is 11.0. The second kappa shape index (κ2) is 9.38. The summed E-state index contributed by atoms with van der Waals surface area (Å²) in [6, 6.07) is 13.0. The lowest BCUT2D eigenvalue weighted by Gasteiger charge is -2.24. The van der Waals surface area contributed by atoms with E-state index in [4.69, 9.17) is 9.47 Å². The summed E-state index contributed by atoms with van der Waals surface area (Å²) in [4.78, 5) is 7.16. The van der Waals surface area contributed by atoms with Crippen LogP contribution in [0.1, 0.15) is 18.4 Å². The Morgan fingerprint density at radius 3 is 2.59 bits per heavy atom. The smallest absolute Gasteiger partial charge is 0.417 e. The number of nitrogens with zero attached hydrogens (tertiary/aromatic N) is 2. The molecular formula is C25H23F3N2O3S. The van der Waals surface area contributed by atoms with Crippen LogP contribution >= 0.6 is 11.8 Å². The zero-order chi connectivity index (χ0) is 23.7. The number of hydrogen-bond acceptors (Lipinski definition) is 6. The monoisotopic (exact) mass is 488 g/mol. The van der Waals surface area contributed by atoms with Crippen molar-refractivity contribution in [2.24, 2.45) is 0 Å². The number of rotatable bonds is 5. The van der Waals surface area contributed by atoms with Gasteiger partial charge in [-0.3, -0.25) is 0 Å². The van der Waals surface area contributed by atoms with Crippen LogP contribution in [0.2, 0.25) is 0 Å². The van der Waals surface area contributed by atoms with Crippen LogP contribution in [0.5, 0.6) is 11.5 Å². The molecule has 1 atom stereocenters. The number of fused-ring (bicyclic) bond motifs is 1. The normalized spacial score (nSPS) is 17.8. The molecule has 0 amide bonds. The quantitative estimate of drug-likeness (QED) is 0.501. The highest BCUT2D eigenvalue weighted by Gasteiger charge is 2.34. The average molecular weight is 489 g/mol. The van der Waals surface area contributed by atoms with Crippen LogP contribution in [0.25, 0.3) is 11.1 Å². The van der Waals surface area contributed by atoms with Crippen molar-refractivity contribution in [2.75, 3.05) is 31.3 Å². The second-order valence-corrected chi connectivity index (χ2v) is 9.31. The van der Waals surface area contributed by atoms with Gasteiger partial charge in [0.05, 0.1) is 18.2 Å². The molecule has 0 saturated carbocycles. The molecule has 2 aliphatic rings. The maximum absolute atomic E-state index is 14.0. The van der Waals surface area contributed by atoms with Gasteiger partial charge in [-0.05, 0) is 66.4 Å². The molecule has 5 rings (SSSR count). The van der Waals surface area contributed by atoms with Gasteiger partial charge in [-0.2, -0.15) is 13.2 Å². The number of pyridine rings is 1. The summed E-state index contributed by atoms with van der Waals surface area (Å²) in [6.07, 6.45) is -1.10. The molecule has 0 bridgehead atoms. The summed E-state index contributed by atoms with van der Waals surface area (Å²) < 4.78 is 53.2. The number of alkyl halides is 3. The van der Waals surface area contributed by atoms with E-state index in [1.54, 1.807) is 42.6 Å². The summed E-state index contributed by atoms with van der Waals surface area (Å²) in [6.45, 7) is 1.65. The van der Waals surface area contributed by atoms with Gasteiger partial charge in [0, 0.05) is 22.5 Å². The molecule has 5 nitrogen and oxygen atoms in total. The van der Waals surface area contributed by atoms with Gasteiger partial charge in [0.15, 0.2) is 11.5 Å². The predicted octanol–water partition coefficient (Wildman–Crippen LogP) is 5.65. The van der Waals surface area contributed by atoms with Gasteiger partial charge in [0.1, 0.15) is 19.0 Å². The Morgan fingerprint density at radius 2 is 1.79 bits per heavy atom. The number of aromatic nitrogens is 1. The Balaban J connectivity index is 1.46. The maximum Gasteiger partial charge on any atom is 0.417 e. The van der Waals surface area contributed by atoms with E-state index in [2.05, 4.69) is 4.98 Å². The Labute approximate surface area is 199 Å². The Kier molecular flexibility index (Phi) is 6.31. The van der Waals surface area contributed by atoms with E-state index in [0.29, 0.717) is 46.6 Å². The fourth-order valence-electron chi connectivity index (χ4n) is 4.32. The Hall–Kier alpha value is -2.91. The van der Waals surface area contributed by atoms with Crippen molar-refractivity contribution in [3.63, 3.8) is 0 Å². The number of halogens is 3. The van der Waals surface area contributed by atoms with E-state index in [9.17, 15) is 18.3 Å². The van der Waals surface area contributed by atoms with Crippen molar-refractivity contribution < 1.29 is 27.8 Å². The van der Waals surface area contributed by atoms with Crippen molar-refractivity contribution in [3.05, 3.63) is 60.3 Å². The topological polar surface area (TPSA) is 54.8 Å². The van der Waals surface area contributed by atoms with Crippen molar-refractivity contribution >= 4 is 17.6 Å². The number of benzene rings is 2. The molecule has 0 unspecified atom stereocenters. The molecule has 34 heavy (non-hydrogen) atoms. The molecule has 9 heteroatoms. The van der Waals surface area contributed by atoms with Crippen LogP contribution in [0, 0.1) is 0 Å². The number of hydrogen-bond donors (Lipinski definition) is 1. The molecule has 1 N–H and O–H groups in total. The molecular weight excluding hydrogens is 465 g/mol. The second-order valence-electron chi connectivity index (χ2n) is 8.19. The van der Waals surface area contributed by atoms with Gasteiger partial charge in [-0.1, -0.05) is 17.8 Å². The lowest BCUT2D eigenvalue weighted by atomic mass is 10.0. The molecule has 0 aliphatic carbocycles. The van der Waals surface area contributed by atoms with Gasteiger partial charge in [0.2, 0.25) is 0 Å². The Bertz CT molecular complexity index is 1190. The SMILES string of the molecule is OC[C@H]1CCCN1c1cc(-c2ccc(Sc3ccc4c(c3)OCCO4)c(C(F)(F)F)c2)ccn1. The van der Waals surface area contributed by atoms with Gasteiger partial charge in [-0.15, -0.1) is 0 Å². The Morgan fingerprint density at radius 1 is 1.00 bits per heavy atom. The maximum atomic E-state index is 14.0. The summed E-state index contributed by atoms with van der Waals surface area (Å²) in [5.74, 6) is 1.79. The number of aliphatic hydroxyl groups excluding tert-OH is 1. The molecule has 2 aliphatic heterocycles. The van der Waals surface area contributed by atoms with Crippen molar-refractivity contribution in [1.82, 2.24) is 4.98 Å². The molecule has 2 aromatic carbocycles. The van der Waals surface area contributed by atoms with E-state index in [0.717, 1.165) is 31.1 Å². The molecule has 1 saturated heterocycles. The fourth-order valence-corrected chi connectivity index (χ4v) is 5.29. The minimum Gasteiger partial charge on any atom is -0.486 e. The zero-order valence-electron chi connectivity index (χ0n) is 18.2. The minimum absolute atomic E-state index is 0.0155. The highest BCUT2D eigenvalue weighted by atomic mass is 32.2. The first-order valence-corrected chi connectivity index (χ1v) is 11.9. The highest BCUT2D eigenvalue weighted by molar-refractivity contribution is 7.99. The highest BCUT2D eigenvalue weighted by Crippen LogP contribution is 2.43. The predicted molar refractivity (Wildman–Crippen MR) is 124 cm³/mol. The lowest BCUT2D eigenvalue weighted by molar-refractivity contribution is -0.139. The minimum atomic E-state index is -4.51. The van der Waals surface area contributed by atoms with Gasteiger partial charge >= 0.3 is 6.18 Å². The molecule has 3 heterocycles. The fraction of sp³-hybridized carbons (Fsp3) is 0.320. The van der Waals surface area contributed by atoms with E-state index in [1.807, 2.05) is 4.90 Å². The van der Waals surface area contributed by atoms with Crippen molar-refractivity contribution in [1.29, 1.82) is 0 Å². The molecule has 1 fully saturated rings. The zero-order valence-corrected chi connectivity index (χ0v) is 19.0. The molecule has 0 spiro atoms. The summed E-state index contributed by atoms with van der Waals surface area (Å²) in [5, 5.41) is 9.62. The third-order valence-corrected chi connectivity index (χ3v) is 7.05. The van der Waals surface area contributed by atoms with Crippen LogP contribution in [0.4, 0.5) is 19.0 Å². The van der Waals surface area contributed by atoms with Gasteiger partial charge < -0.3 is 19.5 Å². The largest absolute Gasteiger partial charge is 0.486 e. The summed E-state index contributed by atoms with van der Waals surface area (Å²) in [7, 11) is 0.